The molecule has 0 atom stereocenters. The molecule has 3 heteroatoms. The third kappa shape index (κ3) is 4.67. The monoisotopic (exact) mass is 252 g/mol. The van der Waals surface area contributed by atoms with E-state index in [0.29, 0.717) is 0 Å². The van der Waals surface area contributed by atoms with Crippen LogP contribution in [0.3, 0.4) is 0 Å². The number of hydrogen-bond donors (Lipinski definition) is 2. The summed E-state index contributed by atoms with van der Waals surface area (Å²) in [7, 11) is 0. The molecule has 102 valence electrons. The molecule has 0 aliphatic heterocycles. The van der Waals surface area contributed by atoms with Crippen LogP contribution in [0.15, 0.2) is 18.2 Å². The van der Waals surface area contributed by atoms with E-state index in [4.69, 9.17) is 14.9 Å². The van der Waals surface area contributed by atoms with Gasteiger partial charge in [-0.3, -0.25) is 0 Å². The van der Waals surface area contributed by atoms with Crippen molar-refractivity contribution >= 4 is 0 Å². The Labute approximate surface area is 109 Å². The minimum absolute atomic E-state index is 0.0352. The van der Waals surface area contributed by atoms with Crippen molar-refractivity contribution < 1.29 is 14.9 Å². The van der Waals surface area contributed by atoms with Crippen LogP contribution in [-0.2, 0) is 6.42 Å². The molecule has 0 fully saturated rings. The molecule has 0 radical (unpaired) electrons. The zero-order valence-electron chi connectivity index (χ0n) is 11.4. The Morgan fingerprint density at radius 2 is 1.94 bits per heavy atom. The number of ether oxygens (including phenoxy) is 1. The lowest BCUT2D eigenvalue weighted by atomic mass is 9.99. The number of rotatable bonds is 8. The zero-order valence-corrected chi connectivity index (χ0v) is 11.4. The largest absolute Gasteiger partial charge is 0.493 e. The molecule has 0 aromatic heterocycles. The van der Waals surface area contributed by atoms with Crippen molar-refractivity contribution in [3.63, 3.8) is 0 Å². The molecule has 0 amide bonds. The first-order chi connectivity index (χ1) is 8.71. The van der Waals surface area contributed by atoms with Crippen molar-refractivity contribution in [1.82, 2.24) is 0 Å². The summed E-state index contributed by atoms with van der Waals surface area (Å²) in [5.41, 5.74) is 2.37. The van der Waals surface area contributed by atoms with Crippen molar-refractivity contribution in [3.8, 4) is 5.75 Å². The minimum Gasteiger partial charge on any atom is -0.493 e. The van der Waals surface area contributed by atoms with Gasteiger partial charge in [-0.25, -0.2) is 0 Å². The van der Waals surface area contributed by atoms with E-state index in [1.165, 1.54) is 5.56 Å². The van der Waals surface area contributed by atoms with E-state index in [0.717, 1.165) is 37.2 Å². The van der Waals surface area contributed by atoms with Gasteiger partial charge in [0.25, 0.3) is 0 Å². The number of aliphatic hydroxyl groups is 2. The predicted octanol–water partition coefficient (Wildman–Crippen LogP) is 2.32. The summed E-state index contributed by atoms with van der Waals surface area (Å²) in [5.74, 6) is 0.890. The highest BCUT2D eigenvalue weighted by atomic mass is 16.5. The fraction of sp³-hybridized carbons (Fsp3) is 0.600. The van der Waals surface area contributed by atoms with E-state index >= 15 is 0 Å². The number of hydrogen-bond acceptors (Lipinski definition) is 3. The van der Waals surface area contributed by atoms with E-state index in [2.05, 4.69) is 19.9 Å². The Bertz CT molecular complexity index is 346. The van der Waals surface area contributed by atoms with Crippen LogP contribution < -0.4 is 4.74 Å². The maximum atomic E-state index is 9.08. The highest BCUT2D eigenvalue weighted by Crippen LogP contribution is 2.23. The summed E-state index contributed by atoms with van der Waals surface area (Å²) >= 11 is 0. The molecule has 0 unspecified atom stereocenters. The summed E-state index contributed by atoms with van der Waals surface area (Å²) in [5, 5.41) is 18.2. The zero-order chi connectivity index (χ0) is 13.4. The van der Waals surface area contributed by atoms with Gasteiger partial charge in [-0.1, -0.05) is 24.6 Å². The minimum atomic E-state index is -0.0375. The van der Waals surface area contributed by atoms with Gasteiger partial charge >= 0.3 is 0 Å². The SMILES string of the molecule is CCCOc1ccc(C)cc1CCC(CO)CO. The lowest BCUT2D eigenvalue weighted by Crippen LogP contribution is -2.12. The van der Waals surface area contributed by atoms with E-state index in [9.17, 15) is 0 Å². The summed E-state index contributed by atoms with van der Waals surface area (Å²) in [6.45, 7) is 4.94. The van der Waals surface area contributed by atoms with Crippen LogP contribution in [0.2, 0.25) is 0 Å². The van der Waals surface area contributed by atoms with Crippen molar-refractivity contribution in [2.75, 3.05) is 19.8 Å². The van der Waals surface area contributed by atoms with Gasteiger partial charge in [-0.05, 0) is 37.8 Å². The molecule has 1 aromatic rings. The summed E-state index contributed by atoms with van der Waals surface area (Å²) in [6, 6.07) is 6.17. The van der Waals surface area contributed by atoms with Crippen molar-refractivity contribution in [1.29, 1.82) is 0 Å². The first-order valence-corrected chi connectivity index (χ1v) is 6.65. The molecule has 2 N–H and O–H groups in total. The van der Waals surface area contributed by atoms with Crippen molar-refractivity contribution in [2.45, 2.75) is 33.1 Å². The molecule has 1 aromatic carbocycles. The van der Waals surface area contributed by atoms with Gasteiger partial charge in [0.2, 0.25) is 0 Å². The maximum Gasteiger partial charge on any atom is 0.122 e. The van der Waals surface area contributed by atoms with Crippen LogP contribution in [-0.4, -0.2) is 30.0 Å². The van der Waals surface area contributed by atoms with E-state index in [1.54, 1.807) is 0 Å². The van der Waals surface area contributed by atoms with Crippen LogP contribution >= 0.6 is 0 Å². The Hall–Kier alpha value is -1.06. The van der Waals surface area contributed by atoms with Crippen molar-refractivity contribution in [3.05, 3.63) is 29.3 Å². The van der Waals surface area contributed by atoms with Gasteiger partial charge in [-0.15, -0.1) is 0 Å². The average Bonchev–Trinajstić information content (AvgIpc) is 2.39. The Morgan fingerprint density at radius 1 is 1.22 bits per heavy atom. The van der Waals surface area contributed by atoms with Gasteiger partial charge in [0.1, 0.15) is 5.75 Å². The lowest BCUT2D eigenvalue weighted by Gasteiger charge is -2.14. The highest BCUT2D eigenvalue weighted by molar-refractivity contribution is 5.37. The fourth-order valence-electron chi connectivity index (χ4n) is 1.86. The number of aliphatic hydroxyl groups excluding tert-OH is 2. The van der Waals surface area contributed by atoms with Crippen LogP contribution in [0.25, 0.3) is 0 Å². The molecular weight excluding hydrogens is 228 g/mol. The smallest absolute Gasteiger partial charge is 0.122 e. The van der Waals surface area contributed by atoms with E-state index in [1.807, 2.05) is 12.1 Å². The topological polar surface area (TPSA) is 49.7 Å². The molecule has 18 heavy (non-hydrogen) atoms. The first kappa shape index (κ1) is 15.0. The van der Waals surface area contributed by atoms with Gasteiger partial charge < -0.3 is 14.9 Å². The van der Waals surface area contributed by atoms with Crippen LogP contribution in [0, 0.1) is 12.8 Å². The van der Waals surface area contributed by atoms with Crippen LogP contribution in [0.4, 0.5) is 0 Å². The lowest BCUT2D eigenvalue weighted by molar-refractivity contribution is 0.144. The quantitative estimate of drug-likeness (QED) is 0.746. The molecule has 0 bridgehead atoms. The van der Waals surface area contributed by atoms with Gasteiger partial charge in [-0.2, -0.15) is 0 Å². The molecule has 0 saturated carbocycles. The Balaban J connectivity index is 2.68. The maximum absolute atomic E-state index is 9.08. The van der Waals surface area contributed by atoms with E-state index < -0.39 is 0 Å². The molecule has 0 spiro atoms. The first-order valence-electron chi connectivity index (χ1n) is 6.65. The fourth-order valence-corrected chi connectivity index (χ4v) is 1.86. The number of aryl methyl sites for hydroxylation is 2. The normalized spacial score (nSPS) is 10.9. The third-order valence-corrected chi connectivity index (χ3v) is 3.02. The van der Waals surface area contributed by atoms with Gasteiger partial charge in [0, 0.05) is 19.1 Å². The molecule has 0 aliphatic rings. The average molecular weight is 252 g/mol. The molecule has 0 heterocycles. The molecule has 0 saturated heterocycles. The number of benzene rings is 1. The Kier molecular flexibility index (Phi) is 6.76. The second kappa shape index (κ2) is 8.11. The van der Waals surface area contributed by atoms with Gasteiger partial charge in [0.15, 0.2) is 0 Å². The van der Waals surface area contributed by atoms with Crippen molar-refractivity contribution in [2.24, 2.45) is 5.92 Å². The third-order valence-electron chi connectivity index (χ3n) is 3.02. The molecule has 3 nitrogen and oxygen atoms in total. The molecule has 0 aliphatic carbocycles. The Morgan fingerprint density at radius 3 is 2.56 bits per heavy atom. The second-order valence-corrected chi connectivity index (χ2v) is 4.73. The summed E-state index contributed by atoms with van der Waals surface area (Å²) in [4.78, 5) is 0. The standard InChI is InChI=1S/C15H24O3/c1-3-8-18-15-7-4-12(2)9-14(15)6-5-13(10-16)11-17/h4,7,9,13,16-17H,3,5-6,8,10-11H2,1-2H3. The van der Waals surface area contributed by atoms with Gasteiger partial charge in [0.05, 0.1) is 6.61 Å². The predicted molar refractivity (Wildman–Crippen MR) is 72.9 cm³/mol. The summed E-state index contributed by atoms with van der Waals surface area (Å²) in [6.07, 6.45) is 2.59. The van der Waals surface area contributed by atoms with E-state index in [-0.39, 0.29) is 19.1 Å². The van der Waals surface area contributed by atoms with Crippen LogP contribution in [0.1, 0.15) is 30.9 Å². The summed E-state index contributed by atoms with van der Waals surface area (Å²) < 4.78 is 5.72. The van der Waals surface area contributed by atoms with Crippen LogP contribution in [0.5, 0.6) is 5.75 Å². The molecular formula is C15H24O3. The highest BCUT2D eigenvalue weighted by Gasteiger charge is 2.09. The molecule has 1 rings (SSSR count). The second-order valence-electron chi connectivity index (χ2n) is 4.73.